The number of benzene rings is 3. The van der Waals surface area contributed by atoms with E-state index in [-0.39, 0.29) is 23.9 Å². The van der Waals surface area contributed by atoms with Crippen LogP contribution in [0.3, 0.4) is 0 Å². The van der Waals surface area contributed by atoms with Gasteiger partial charge in [-0.1, -0.05) is 42.5 Å². The Kier molecular flexibility index (Phi) is 6.98. The number of hydrogen-bond donors (Lipinski definition) is 1. The van der Waals surface area contributed by atoms with E-state index in [0.29, 0.717) is 29.0 Å². The van der Waals surface area contributed by atoms with Gasteiger partial charge in [-0.2, -0.15) is 5.26 Å². The topological polar surface area (TPSA) is 90.6 Å². The number of hydrogen-bond acceptors (Lipinski definition) is 5. The fourth-order valence-electron chi connectivity index (χ4n) is 4.21. The molecule has 4 rings (SSSR count). The molecule has 6 nitrogen and oxygen atoms in total. The summed E-state index contributed by atoms with van der Waals surface area (Å²) in [4.78, 5) is 28.0. The molecule has 1 aliphatic heterocycles. The first kappa shape index (κ1) is 23.8. The Bertz CT molecular complexity index is 1290. The molecule has 35 heavy (non-hydrogen) atoms. The van der Waals surface area contributed by atoms with Gasteiger partial charge in [0.15, 0.2) is 11.5 Å². The van der Waals surface area contributed by atoms with Crippen molar-refractivity contribution in [2.24, 2.45) is 0 Å². The molecular formula is C29H26N2O4. The molecular weight excluding hydrogens is 440 g/mol. The van der Waals surface area contributed by atoms with E-state index in [1.807, 2.05) is 44.2 Å². The maximum absolute atomic E-state index is 13.4. The number of aliphatic hydroxyl groups excluding tert-OH is 1. The molecule has 3 aromatic rings. The Hall–Kier alpha value is -4.37. The van der Waals surface area contributed by atoms with Crippen molar-refractivity contribution in [3.05, 3.63) is 107 Å². The molecule has 1 heterocycles. The maximum atomic E-state index is 13.4. The summed E-state index contributed by atoms with van der Waals surface area (Å²) in [5, 5.41) is 20.0. The van der Waals surface area contributed by atoms with Gasteiger partial charge >= 0.3 is 0 Å². The summed E-state index contributed by atoms with van der Waals surface area (Å²) in [5.41, 5.74) is 2.68. The van der Waals surface area contributed by atoms with Gasteiger partial charge in [0.2, 0.25) is 0 Å². The number of nitrogens with zero attached hydrogens (tertiary/aromatic N) is 2. The highest BCUT2D eigenvalue weighted by Gasteiger charge is 2.44. The van der Waals surface area contributed by atoms with Crippen molar-refractivity contribution in [1.82, 2.24) is 0 Å². The number of Topliss-reactive ketones (excluding diaryl/α,β-unsaturated/α-hetero) is 1. The minimum absolute atomic E-state index is 0.00289. The zero-order valence-corrected chi connectivity index (χ0v) is 19.6. The Morgan fingerprint density at radius 3 is 2.29 bits per heavy atom. The first-order valence-corrected chi connectivity index (χ1v) is 11.5. The molecule has 0 aromatic heterocycles. The van der Waals surface area contributed by atoms with Crippen LogP contribution in [-0.2, 0) is 16.0 Å². The smallest absolute Gasteiger partial charge is 0.294 e. The molecule has 1 atom stereocenters. The molecule has 0 radical (unpaired) electrons. The summed E-state index contributed by atoms with van der Waals surface area (Å²) in [7, 11) is 0. The van der Waals surface area contributed by atoms with Gasteiger partial charge in [0.25, 0.3) is 5.91 Å². The second-order valence-electron chi connectivity index (χ2n) is 8.64. The molecule has 1 N–H and O–H groups in total. The highest BCUT2D eigenvalue weighted by molar-refractivity contribution is 6.16. The molecule has 0 spiro atoms. The third-order valence-electron chi connectivity index (χ3n) is 5.83. The number of aliphatic hydroxyl groups is 1. The zero-order chi connectivity index (χ0) is 24.9. The van der Waals surface area contributed by atoms with Gasteiger partial charge in [0.05, 0.1) is 29.4 Å². The van der Waals surface area contributed by atoms with Gasteiger partial charge < -0.3 is 9.84 Å². The summed E-state index contributed by atoms with van der Waals surface area (Å²) in [5.74, 6) is -0.809. The van der Waals surface area contributed by atoms with Crippen LogP contribution in [0.4, 0.5) is 5.69 Å². The highest BCUT2D eigenvalue weighted by atomic mass is 16.5. The van der Waals surface area contributed by atoms with Crippen molar-refractivity contribution in [2.45, 2.75) is 38.8 Å². The second-order valence-corrected chi connectivity index (χ2v) is 8.64. The lowest BCUT2D eigenvalue weighted by Crippen LogP contribution is -2.31. The number of ether oxygens (including phenoxy) is 1. The van der Waals surface area contributed by atoms with Crippen molar-refractivity contribution in [3.8, 4) is 11.8 Å². The molecule has 176 valence electrons. The van der Waals surface area contributed by atoms with E-state index in [1.54, 1.807) is 48.5 Å². The van der Waals surface area contributed by atoms with Crippen LogP contribution in [0, 0.1) is 11.3 Å². The zero-order valence-electron chi connectivity index (χ0n) is 19.6. The molecule has 0 saturated heterocycles. The summed E-state index contributed by atoms with van der Waals surface area (Å²) in [6, 6.07) is 24.5. The predicted molar refractivity (Wildman–Crippen MR) is 133 cm³/mol. The van der Waals surface area contributed by atoms with Gasteiger partial charge in [-0.3, -0.25) is 14.5 Å². The lowest BCUT2D eigenvalue weighted by molar-refractivity contribution is -0.118. The fourth-order valence-corrected chi connectivity index (χ4v) is 4.21. The molecule has 0 fully saturated rings. The number of carbonyl (C=O) groups excluding carboxylic acids is 2. The minimum atomic E-state index is -0.799. The maximum Gasteiger partial charge on any atom is 0.294 e. The number of aryl methyl sites for hydroxylation is 1. The van der Waals surface area contributed by atoms with E-state index in [2.05, 4.69) is 6.07 Å². The molecule has 1 unspecified atom stereocenters. The standard InChI is InChI=1S/C29H26N2O4/c1-19(2)35-24-15-11-22(12-16-24)27-26(25(32)17-10-20-6-4-3-5-7-20)28(33)29(34)31(27)23-13-8-21(18-30)9-14-23/h3-9,11-16,19,27,33H,10,17H2,1-2H3. The molecule has 1 aliphatic rings. The van der Waals surface area contributed by atoms with Crippen LogP contribution < -0.4 is 9.64 Å². The summed E-state index contributed by atoms with van der Waals surface area (Å²) >= 11 is 0. The summed E-state index contributed by atoms with van der Waals surface area (Å²) in [6.07, 6.45) is 0.654. The first-order valence-electron chi connectivity index (χ1n) is 11.5. The Morgan fingerprint density at radius 1 is 1.03 bits per heavy atom. The normalized spacial score (nSPS) is 15.4. The largest absolute Gasteiger partial charge is 0.503 e. The van der Waals surface area contributed by atoms with E-state index in [9.17, 15) is 14.7 Å². The predicted octanol–water partition coefficient (Wildman–Crippen LogP) is 5.45. The van der Waals surface area contributed by atoms with Gasteiger partial charge in [-0.05, 0) is 67.8 Å². The molecule has 3 aromatic carbocycles. The average molecular weight is 467 g/mol. The first-order chi connectivity index (χ1) is 16.9. The van der Waals surface area contributed by atoms with Crippen LogP contribution in [0.5, 0.6) is 5.75 Å². The summed E-state index contributed by atoms with van der Waals surface area (Å²) < 4.78 is 5.73. The molecule has 0 bridgehead atoms. The third-order valence-corrected chi connectivity index (χ3v) is 5.83. The van der Waals surface area contributed by atoms with E-state index < -0.39 is 17.7 Å². The van der Waals surface area contributed by atoms with Crippen LogP contribution in [0.1, 0.15) is 43.0 Å². The second kappa shape index (κ2) is 10.3. The lowest BCUT2D eigenvalue weighted by atomic mass is 9.93. The van der Waals surface area contributed by atoms with Crippen LogP contribution >= 0.6 is 0 Å². The van der Waals surface area contributed by atoms with Crippen molar-refractivity contribution in [1.29, 1.82) is 5.26 Å². The number of nitriles is 1. The SMILES string of the molecule is CC(C)Oc1ccc(C2C(C(=O)CCc3ccccc3)=C(O)C(=O)N2c2ccc(C#N)cc2)cc1. The van der Waals surface area contributed by atoms with Gasteiger partial charge in [0.1, 0.15) is 5.75 Å². The van der Waals surface area contributed by atoms with E-state index in [1.165, 1.54) is 4.90 Å². The van der Waals surface area contributed by atoms with E-state index in [0.717, 1.165) is 5.56 Å². The fraction of sp³-hybridized carbons (Fsp3) is 0.207. The molecule has 1 amide bonds. The minimum Gasteiger partial charge on any atom is -0.503 e. The Labute approximate surface area is 204 Å². The average Bonchev–Trinajstić information content (AvgIpc) is 3.13. The molecule has 0 aliphatic carbocycles. The summed E-state index contributed by atoms with van der Waals surface area (Å²) in [6.45, 7) is 3.86. The Balaban J connectivity index is 1.71. The number of amides is 1. The highest BCUT2D eigenvalue weighted by Crippen LogP contribution is 2.41. The quantitative estimate of drug-likeness (QED) is 0.477. The van der Waals surface area contributed by atoms with Crippen molar-refractivity contribution in [3.63, 3.8) is 0 Å². The van der Waals surface area contributed by atoms with E-state index in [4.69, 9.17) is 10.00 Å². The van der Waals surface area contributed by atoms with Crippen molar-refractivity contribution >= 4 is 17.4 Å². The van der Waals surface area contributed by atoms with Crippen LogP contribution in [0.25, 0.3) is 0 Å². The number of ketones is 1. The number of carbonyl (C=O) groups is 2. The van der Waals surface area contributed by atoms with Crippen LogP contribution in [-0.4, -0.2) is 22.9 Å². The van der Waals surface area contributed by atoms with Crippen molar-refractivity contribution in [2.75, 3.05) is 4.90 Å². The van der Waals surface area contributed by atoms with E-state index >= 15 is 0 Å². The molecule has 6 heteroatoms. The number of anilines is 1. The van der Waals surface area contributed by atoms with Gasteiger partial charge in [-0.15, -0.1) is 0 Å². The van der Waals surface area contributed by atoms with Crippen molar-refractivity contribution < 1.29 is 19.4 Å². The monoisotopic (exact) mass is 466 g/mol. The number of rotatable bonds is 8. The third kappa shape index (κ3) is 5.10. The molecule has 0 saturated carbocycles. The lowest BCUT2D eigenvalue weighted by Gasteiger charge is -2.27. The van der Waals surface area contributed by atoms with Gasteiger partial charge in [0, 0.05) is 12.1 Å². The van der Waals surface area contributed by atoms with Crippen LogP contribution in [0.2, 0.25) is 0 Å². The van der Waals surface area contributed by atoms with Crippen LogP contribution in [0.15, 0.2) is 90.2 Å². The van der Waals surface area contributed by atoms with Gasteiger partial charge in [-0.25, -0.2) is 0 Å². The Morgan fingerprint density at radius 2 is 1.69 bits per heavy atom.